The highest BCUT2D eigenvalue weighted by Crippen LogP contribution is 2.33. The van der Waals surface area contributed by atoms with Crippen LogP contribution in [0.2, 0.25) is 0 Å². The van der Waals surface area contributed by atoms with Gasteiger partial charge in [-0.05, 0) is 25.0 Å². The molecule has 2 atom stereocenters. The fourth-order valence-corrected chi connectivity index (χ4v) is 4.12. The summed E-state index contributed by atoms with van der Waals surface area (Å²) in [4.78, 5) is 0. The van der Waals surface area contributed by atoms with E-state index < -0.39 is 27.0 Å². The second kappa shape index (κ2) is 4.27. The Kier molecular flexibility index (Phi) is 3.09. The molecule has 0 aromatic heterocycles. The van der Waals surface area contributed by atoms with E-state index in [9.17, 15) is 17.9 Å². The quantitative estimate of drug-likeness (QED) is 0.777. The van der Waals surface area contributed by atoms with Gasteiger partial charge in [-0.2, -0.15) is 0 Å². The second-order valence-electron chi connectivity index (χ2n) is 4.27. The molecule has 0 spiro atoms. The van der Waals surface area contributed by atoms with Crippen molar-refractivity contribution < 1.29 is 17.9 Å². The number of nitrogen functional groups attached to an aromatic ring is 1. The smallest absolute Gasteiger partial charge is 0.156 e. The first kappa shape index (κ1) is 12.3. The summed E-state index contributed by atoms with van der Waals surface area (Å²) in [6.07, 6.45) is -0.214. The van der Waals surface area contributed by atoms with Crippen LogP contribution in [0.15, 0.2) is 18.2 Å². The van der Waals surface area contributed by atoms with E-state index >= 15 is 0 Å². The van der Waals surface area contributed by atoms with Crippen molar-refractivity contribution in [2.45, 2.75) is 24.2 Å². The maximum atomic E-state index is 12.9. The summed E-state index contributed by atoms with van der Waals surface area (Å²) < 4.78 is 36.2. The van der Waals surface area contributed by atoms with Gasteiger partial charge in [0, 0.05) is 11.3 Å². The van der Waals surface area contributed by atoms with Crippen molar-refractivity contribution in [3.05, 3.63) is 29.6 Å². The number of sulfone groups is 1. The molecule has 0 saturated carbocycles. The Morgan fingerprint density at radius 3 is 2.71 bits per heavy atom. The molecular formula is C11H14FNO3S. The van der Waals surface area contributed by atoms with Crippen LogP contribution in [0.4, 0.5) is 10.1 Å². The van der Waals surface area contributed by atoms with E-state index in [1.54, 1.807) is 0 Å². The molecule has 1 fully saturated rings. The molecule has 1 heterocycles. The maximum Gasteiger partial charge on any atom is 0.156 e. The minimum atomic E-state index is -3.26. The predicted octanol–water partition coefficient (Wildman–Crippen LogP) is 1.02. The highest BCUT2D eigenvalue weighted by molar-refractivity contribution is 7.92. The number of rotatable bonds is 2. The Balaban J connectivity index is 2.34. The Bertz CT molecular complexity index is 530. The SMILES string of the molecule is Nc1cc(F)ccc1C(O)C1CCCS1(=O)=O. The third-order valence-electron chi connectivity index (χ3n) is 3.10. The molecule has 1 aliphatic rings. The minimum absolute atomic E-state index is 0.0830. The first-order chi connectivity index (χ1) is 7.92. The zero-order valence-corrected chi connectivity index (χ0v) is 9.95. The fraction of sp³-hybridized carbons (Fsp3) is 0.455. The number of hydrogen-bond donors (Lipinski definition) is 2. The van der Waals surface area contributed by atoms with Gasteiger partial charge in [-0.15, -0.1) is 0 Å². The number of nitrogens with two attached hydrogens (primary N) is 1. The predicted molar refractivity (Wildman–Crippen MR) is 62.6 cm³/mol. The van der Waals surface area contributed by atoms with Crippen molar-refractivity contribution in [2.75, 3.05) is 11.5 Å². The molecule has 2 rings (SSSR count). The normalized spacial score (nSPS) is 24.7. The molecule has 0 bridgehead atoms. The summed E-state index contributed by atoms with van der Waals surface area (Å²) in [5.41, 5.74) is 5.95. The maximum absolute atomic E-state index is 12.9. The first-order valence-corrected chi connectivity index (χ1v) is 7.08. The van der Waals surface area contributed by atoms with Crippen molar-refractivity contribution in [3.8, 4) is 0 Å². The van der Waals surface area contributed by atoms with Crippen LogP contribution in [-0.2, 0) is 9.84 Å². The van der Waals surface area contributed by atoms with Crippen LogP contribution >= 0.6 is 0 Å². The highest BCUT2D eigenvalue weighted by atomic mass is 32.2. The standard InChI is InChI=1S/C11H14FNO3S/c12-7-3-4-8(9(13)6-7)11(14)10-2-1-5-17(10,15)16/h3-4,6,10-11,14H,1-2,5,13H2. The molecular weight excluding hydrogens is 245 g/mol. The van der Waals surface area contributed by atoms with Crippen molar-refractivity contribution in [3.63, 3.8) is 0 Å². The second-order valence-corrected chi connectivity index (χ2v) is 6.61. The number of benzene rings is 1. The Morgan fingerprint density at radius 2 is 2.18 bits per heavy atom. The van der Waals surface area contributed by atoms with Crippen LogP contribution in [0.3, 0.4) is 0 Å². The van der Waals surface area contributed by atoms with Gasteiger partial charge < -0.3 is 10.8 Å². The average Bonchev–Trinajstić information content (AvgIpc) is 2.57. The van der Waals surface area contributed by atoms with Gasteiger partial charge in [0.25, 0.3) is 0 Å². The molecule has 6 heteroatoms. The van der Waals surface area contributed by atoms with Gasteiger partial charge in [0.15, 0.2) is 9.84 Å². The zero-order valence-electron chi connectivity index (χ0n) is 9.14. The lowest BCUT2D eigenvalue weighted by molar-refractivity contribution is 0.171. The van der Waals surface area contributed by atoms with Crippen molar-refractivity contribution >= 4 is 15.5 Å². The topological polar surface area (TPSA) is 80.4 Å². The van der Waals surface area contributed by atoms with E-state index in [0.29, 0.717) is 12.8 Å². The van der Waals surface area contributed by atoms with E-state index in [-0.39, 0.29) is 17.0 Å². The lowest BCUT2D eigenvalue weighted by Gasteiger charge is -2.19. The summed E-state index contributed by atoms with van der Waals surface area (Å²) in [6, 6.07) is 3.58. The largest absolute Gasteiger partial charge is 0.398 e. The molecule has 2 unspecified atom stereocenters. The summed E-state index contributed by atoms with van der Waals surface area (Å²) in [6.45, 7) is 0. The molecule has 1 aliphatic heterocycles. The molecule has 4 nitrogen and oxygen atoms in total. The number of aliphatic hydroxyl groups excluding tert-OH is 1. The lowest BCUT2D eigenvalue weighted by Crippen LogP contribution is -2.25. The minimum Gasteiger partial charge on any atom is -0.398 e. The summed E-state index contributed by atoms with van der Waals surface area (Å²) in [5.74, 6) is -0.414. The van der Waals surface area contributed by atoms with Gasteiger partial charge >= 0.3 is 0 Å². The van der Waals surface area contributed by atoms with E-state index in [1.807, 2.05) is 0 Å². The molecule has 1 saturated heterocycles. The van der Waals surface area contributed by atoms with Gasteiger partial charge in [0.2, 0.25) is 0 Å². The van der Waals surface area contributed by atoms with Crippen LogP contribution in [0.25, 0.3) is 0 Å². The third kappa shape index (κ3) is 2.28. The van der Waals surface area contributed by atoms with Crippen LogP contribution in [0.1, 0.15) is 24.5 Å². The number of aliphatic hydroxyl groups is 1. The molecule has 0 aliphatic carbocycles. The van der Waals surface area contributed by atoms with Crippen LogP contribution in [0.5, 0.6) is 0 Å². The molecule has 1 aromatic carbocycles. The van der Waals surface area contributed by atoms with Gasteiger partial charge in [-0.3, -0.25) is 0 Å². The van der Waals surface area contributed by atoms with E-state index in [2.05, 4.69) is 0 Å². The summed E-state index contributed by atoms with van der Waals surface area (Å²) in [7, 11) is -3.26. The van der Waals surface area contributed by atoms with Gasteiger partial charge in [0.1, 0.15) is 5.82 Å². The van der Waals surface area contributed by atoms with E-state index in [0.717, 1.165) is 12.1 Å². The molecule has 0 radical (unpaired) electrons. The molecule has 1 aromatic rings. The lowest BCUT2D eigenvalue weighted by atomic mass is 10.0. The van der Waals surface area contributed by atoms with Crippen molar-refractivity contribution in [1.29, 1.82) is 0 Å². The Labute approximate surface area is 99.2 Å². The van der Waals surface area contributed by atoms with E-state index in [4.69, 9.17) is 5.73 Å². The molecule has 94 valence electrons. The third-order valence-corrected chi connectivity index (χ3v) is 5.37. The zero-order chi connectivity index (χ0) is 12.6. The highest BCUT2D eigenvalue weighted by Gasteiger charge is 2.38. The monoisotopic (exact) mass is 259 g/mol. The molecule has 0 amide bonds. The van der Waals surface area contributed by atoms with Gasteiger partial charge in [0.05, 0.1) is 17.1 Å². The molecule has 17 heavy (non-hydrogen) atoms. The van der Waals surface area contributed by atoms with Gasteiger partial charge in [-0.1, -0.05) is 6.07 Å². The molecule has 3 N–H and O–H groups in total. The summed E-state index contributed by atoms with van der Waals surface area (Å²) in [5, 5.41) is 9.22. The fourth-order valence-electron chi connectivity index (χ4n) is 2.19. The number of hydrogen-bond acceptors (Lipinski definition) is 4. The Morgan fingerprint density at radius 1 is 1.47 bits per heavy atom. The van der Waals surface area contributed by atoms with Crippen molar-refractivity contribution in [2.24, 2.45) is 0 Å². The van der Waals surface area contributed by atoms with Crippen molar-refractivity contribution in [1.82, 2.24) is 0 Å². The number of halogens is 1. The van der Waals surface area contributed by atoms with Gasteiger partial charge in [-0.25, -0.2) is 12.8 Å². The Hall–Kier alpha value is -1.14. The summed E-state index contributed by atoms with van der Waals surface area (Å²) >= 11 is 0. The van der Waals surface area contributed by atoms with E-state index in [1.165, 1.54) is 6.07 Å². The first-order valence-electron chi connectivity index (χ1n) is 5.36. The average molecular weight is 259 g/mol. The van der Waals surface area contributed by atoms with Crippen LogP contribution in [0, 0.1) is 5.82 Å². The van der Waals surface area contributed by atoms with Crippen LogP contribution in [-0.4, -0.2) is 24.5 Å². The number of anilines is 1. The van der Waals surface area contributed by atoms with Crippen LogP contribution < -0.4 is 5.73 Å².